The van der Waals surface area contributed by atoms with Crippen molar-refractivity contribution in [2.75, 3.05) is 5.32 Å². The molecular formula is C24H19N7O2. The first-order valence-corrected chi connectivity index (χ1v) is 10.2. The molecule has 0 aliphatic carbocycles. The van der Waals surface area contributed by atoms with Crippen LogP contribution in [0.25, 0.3) is 16.9 Å². The average molecular weight is 437 g/mol. The van der Waals surface area contributed by atoms with Gasteiger partial charge >= 0.3 is 0 Å². The van der Waals surface area contributed by atoms with Crippen molar-refractivity contribution in [3.05, 3.63) is 90.3 Å². The number of benzene rings is 2. The molecule has 0 fully saturated rings. The van der Waals surface area contributed by atoms with Crippen LogP contribution < -0.4 is 10.1 Å². The second-order valence-corrected chi connectivity index (χ2v) is 7.38. The highest BCUT2D eigenvalue weighted by atomic mass is 16.5. The van der Waals surface area contributed by atoms with E-state index >= 15 is 0 Å². The molecule has 0 spiro atoms. The number of anilines is 1. The molecule has 9 heteroatoms. The summed E-state index contributed by atoms with van der Waals surface area (Å²) in [4.78, 5) is 29.7. The van der Waals surface area contributed by atoms with Crippen LogP contribution >= 0.6 is 0 Å². The summed E-state index contributed by atoms with van der Waals surface area (Å²) in [5.74, 6) is 1.23. The summed E-state index contributed by atoms with van der Waals surface area (Å²) in [5, 5.41) is 7.25. The van der Waals surface area contributed by atoms with Crippen LogP contribution in [0.15, 0.2) is 73.2 Å². The van der Waals surface area contributed by atoms with Gasteiger partial charge in [0.25, 0.3) is 5.91 Å². The van der Waals surface area contributed by atoms with Gasteiger partial charge in [0.05, 0.1) is 22.9 Å². The molecule has 2 aromatic carbocycles. The minimum Gasteiger partial charge on any atom is -0.439 e. The van der Waals surface area contributed by atoms with Gasteiger partial charge in [-0.1, -0.05) is 12.1 Å². The van der Waals surface area contributed by atoms with Crippen molar-refractivity contribution < 1.29 is 9.53 Å². The number of aryl methyl sites for hydroxylation is 2. The smallest absolute Gasteiger partial charge is 0.275 e. The number of rotatable bonds is 5. The number of aromatic nitrogens is 6. The number of hydrogen-bond acceptors (Lipinski definition) is 7. The summed E-state index contributed by atoms with van der Waals surface area (Å²) in [6.07, 6.45) is 2.89. The summed E-state index contributed by atoms with van der Waals surface area (Å²) >= 11 is 0. The highest BCUT2D eigenvalue weighted by molar-refractivity contribution is 6.03. The van der Waals surface area contributed by atoms with E-state index in [2.05, 4.69) is 30.4 Å². The maximum atomic E-state index is 12.6. The normalized spacial score (nSPS) is 10.8. The van der Waals surface area contributed by atoms with Crippen molar-refractivity contribution in [2.45, 2.75) is 13.8 Å². The van der Waals surface area contributed by atoms with Crippen LogP contribution in [-0.2, 0) is 0 Å². The predicted molar refractivity (Wildman–Crippen MR) is 123 cm³/mol. The van der Waals surface area contributed by atoms with Gasteiger partial charge in [0.15, 0.2) is 5.82 Å². The number of hydrogen-bond donors (Lipinski definition) is 1. The highest BCUT2D eigenvalue weighted by Crippen LogP contribution is 2.23. The number of carbonyl (C=O) groups excluding carboxylic acids is 1. The molecule has 3 heterocycles. The first-order valence-electron chi connectivity index (χ1n) is 10.2. The molecule has 33 heavy (non-hydrogen) atoms. The van der Waals surface area contributed by atoms with Crippen LogP contribution in [-0.4, -0.2) is 35.6 Å². The quantitative estimate of drug-likeness (QED) is 0.437. The lowest BCUT2D eigenvalue weighted by Gasteiger charge is -2.09. The number of fused-ring (bicyclic) bond motifs is 1. The van der Waals surface area contributed by atoms with E-state index in [1.165, 1.54) is 12.5 Å². The number of nitrogens with zero attached hydrogens (tertiary/aromatic N) is 6. The standard InChI is InChI=1S/C24H19N7O2/c1-15-11-16(2)31(30-15)22-12-23(27-14-26-22)33-18-9-7-17(8-10-18)28-24(32)21-13-25-19-5-3-4-6-20(19)29-21/h3-14H,1-2H3,(H,28,32). The Morgan fingerprint density at radius 3 is 2.48 bits per heavy atom. The summed E-state index contributed by atoms with van der Waals surface area (Å²) < 4.78 is 7.59. The largest absolute Gasteiger partial charge is 0.439 e. The summed E-state index contributed by atoms with van der Waals surface area (Å²) in [7, 11) is 0. The zero-order valence-corrected chi connectivity index (χ0v) is 17.9. The number of ether oxygens (including phenoxy) is 1. The van der Waals surface area contributed by atoms with Gasteiger partial charge in [-0.25, -0.2) is 19.6 Å². The molecule has 0 radical (unpaired) electrons. The number of para-hydroxylation sites is 2. The molecule has 0 aliphatic heterocycles. The Hall–Kier alpha value is -4.66. The van der Waals surface area contributed by atoms with Gasteiger partial charge in [-0.05, 0) is 56.3 Å². The van der Waals surface area contributed by atoms with Gasteiger partial charge in [-0.2, -0.15) is 5.10 Å². The van der Waals surface area contributed by atoms with Crippen molar-refractivity contribution in [2.24, 2.45) is 0 Å². The molecule has 0 aliphatic rings. The third-order valence-corrected chi connectivity index (χ3v) is 4.87. The molecular weight excluding hydrogens is 418 g/mol. The Morgan fingerprint density at radius 1 is 0.939 bits per heavy atom. The molecule has 162 valence electrons. The molecule has 1 N–H and O–H groups in total. The predicted octanol–water partition coefficient (Wildman–Crippen LogP) is 4.27. The molecule has 5 aromatic rings. The summed E-state index contributed by atoms with van der Waals surface area (Å²) in [5.41, 5.74) is 4.12. The minimum absolute atomic E-state index is 0.242. The molecule has 0 saturated heterocycles. The van der Waals surface area contributed by atoms with E-state index in [0.29, 0.717) is 28.7 Å². The fraction of sp³-hybridized carbons (Fsp3) is 0.0833. The number of nitrogens with one attached hydrogen (secondary N) is 1. The van der Waals surface area contributed by atoms with Gasteiger partial charge in [-0.15, -0.1) is 0 Å². The van der Waals surface area contributed by atoms with E-state index in [9.17, 15) is 4.79 Å². The van der Waals surface area contributed by atoms with Crippen LogP contribution in [0, 0.1) is 13.8 Å². The van der Waals surface area contributed by atoms with Crippen LogP contribution in [0.4, 0.5) is 5.69 Å². The molecule has 0 atom stereocenters. The van der Waals surface area contributed by atoms with Gasteiger partial charge in [0.2, 0.25) is 5.88 Å². The molecule has 0 bridgehead atoms. The van der Waals surface area contributed by atoms with E-state index in [1.807, 2.05) is 44.2 Å². The van der Waals surface area contributed by atoms with E-state index in [0.717, 1.165) is 16.9 Å². The summed E-state index contributed by atoms with van der Waals surface area (Å²) in [6.45, 7) is 3.88. The van der Waals surface area contributed by atoms with Crippen LogP contribution in [0.1, 0.15) is 21.9 Å². The Morgan fingerprint density at radius 2 is 1.73 bits per heavy atom. The van der Waals surface area contributed by atoms with Crippen LogP contribution in [0.3, 0.4) is 0 Å². The minimum atomic E-state index is -0.341. The van der Waals surface area contributed by atoms with Crippen molar-refractivity contribution in [3.8, 4) is 17.4 Å². The topological polar surface area (TPSA) is 108 Å². The van der Waals surface area contributed by atoms with E-state index in [1.54, 1.807) is 35.0 Å². The molecule has 5 rings (SSSR count). The van der Waals surface area contributed by atoms with E-state index in [4.69, 9.17) is 4.74 Å². The molecule has 0 saturated carbocycles. The Labute approximate surface area is 189 Å². The van der Waals surface area contributed by atoms with Crippen LogP contribution in [0.2, 0.25) is 0 Å². The number of amides is 1. The molecule has 0 unspecified atom stereocenters. The van der Waals surface area contributed by atoms with Crippen molar-refractivity contribution >= 4 is 22.6 Å². The second-order valence-electron chi connectivity index (χ2n) is 7.38. The zero-order chi connectivity index (χ0) is 22.8. The van der Waals surface area contributed by atoms with Gasteiger partial charge < -0.3 is 10.1 Å². The average Bonchev–Trinajstić information content (AvgIpc) is 3.18. The van der Waals surface area contributed by atoms with E-state index < -0.39 is 0 Å². The number of carbonyl (C=O) groups is 1. The lowest BCUT2D eigenvalue weighted by atomic mass is 10.2. The van der Waals surface area contributed by atoms with Gasteiger partial charge in [0, 0.05) is 17.4 Å². The Balaban J connectivity index is 1.28. The maximum Gasteiger partial charge on any atom is 0.275 e. The maximum absolute atomic E-state index is 12.6. The highest BCUT2D eigenvalue weighted by Gasteiger charge is 2.11. The summed E-state index contributed by atoms with van der Waals surface area (Å²) in [6, 6.07) is 18.1. The lowest BCUT2D eigenvalue weighted by Crippen LogP contribution is -2.14. The fourth-order valence-corrected chi connectivity index (χ4v) is 3.35. The molecule has 3 aromatic heterocycles. The second kappa shape index (κ2) is 8.46. The fourth-order valence-electron chi connectivity index (χ4n) is 3.35. The molecule has 9 nitrogen and oxygen atoms in total. The SMILES string of the molecule is Cc1cc(C)n(-c2cc(Oc3ccc(NC(=O)c4cnc5ccccc5n4)cc3)ncn2)n1. The Bertz CT molecular complexity index is 1460. The monoisotopic (exact) mass is 437 g/mol. The molecule has 1 amide bonds. The Kier molecular flexibility index (Phi) is 5.19. The van der Waals surface area contributed by atoms with E-state index in [-0.39, 0.29) is 11.6 Å². The zero-order valence-electron chi connectivity index (χ0n) is 17.9. The van der Waals surface area contributed by atoms with Gasteiger partial charge in [-0.3, -0.25) is 9.78 Å². The third kappa shape index (κ3) is 4.38. The van der Waals surface area contributed by atoms with Crippen molar-refractivity contribution in [3.63, 3.8) is 0 Å². The van der Waals surface area contributed by atoms with Gasteiger partial charge in [0.1, 0.15) is 17.8 Å². The lowest BCUT2D eigenvalue weighted by molar-refractivity contribution is 0.102. The third-order valence-electron chi connectivity index (χ3n) is 4.87. The first kappa shape index (κ1) is 20.3. The van der Waals surface area contributed by atoms with Crippen LogP contribution in [0.5, 0.6) is 11.6 Å². The van der Waals surface area contributed by atoms with Crippen molar-refractivity contribution in [1.29, 1.82) is 0 Å². The first-order chi connectivity index (χ1) is 16.0. The van der Waals surface area contributed by atoms with Crippen molar-refractivity contribution in [1.82, 2.24) is 29.7 Å².